The van der Waals surface area contributed by atoms with E-state index in [9.17, 15) is 0 Å². The fourth-order valence-corrected chi connectivity index (χ4v) is 6.01. The topological polar surface area (TPSA) is 27.3 Å². The maximum absolute atomic E-state index is 3.68. The van der Waals surface area contributed by atoms with Gasteiger partial charge in [-0.1, -0.05) is 5.56 Å². The molecule has 0 aliphatic rings. The van der Waals surface area contributed by atoms with Crippen molar-refractivity contribution in [1.29, 1.82) is 0 Å². The van der Waals surface area contributed by atoms with Crippen molar-refractivity contribution in [1.82, 2.24) is 3.93 Å². The minimum atomic E-state index is 0.747. The van der Waals surface area contributed by atoms with Gasteiger partial charge in [-0.2, -0.15) is 0 Å². The molecule has 151 valence electrons. The molecule has 2 rings (SSSR count). The molecular formula is C21H29Br2CoN3. The second-order valence-electron chi connectivity index (χ2n) is 7.09. The van der Waals surface area contributed by atoms with Gasteiger partial charge in [0.25, 0.3) is 0 Å². The van der Waals surface area contributed by atoms with Gasteiger partial charge < -0.3 is 0 Å². The van der Waals surface area contributed by atoms with Crippen LogP contribution in [0.25, 0.3) is 0 Å². The number of anilines is 2. The molecule has 0 aliphatic carbocycles. The second kappa shape index (κ2) is 10.3. The van der Waals surface area contributed by atoms with Crippen molar-refractivity contribution in [2.24, 2.45) is 0 Å². The fraction of sp³-hybridized carbons (Fsp3) is 0.429. The van der Waals surface area contributed by atoms with E-state index < -0.39 is 0 Å². The van der Waals surface area contributed by atoms with Gasteiger partial charge in [-0.15, -0.1) is 0 Å². The van der Waals surface area contributed by atoms with Crippen LogP contribution in [-0.4, -0.2) is 23.7 Å². The van der Waals surface area contributed by atoms with E-state index in [2.05, 4.69) is 105 Å². The molecule has 0 radical (unpaired) electrons. The van der Waals surface area contributed by atoms with E-state index in [0.717, 1.165) is 19.8 Å². The number of aryl methyl sites for hydroxylation is 5. The van der Waals surface area contributed by atoms with Gasteiger partial charge in [0.2, 0.25) is 0 Å². The average molecular weight is 542 g/mol. The quantitative estimate of drug-likeness (QED) is 0.334. The summed E-state index contributed by atoms with van der Waals surface area (Å²) in [5.41, 5.74) is 10.3. The summed E-state index contributed by atoms with van der Waals surface area (Å²) >= 11 is 8.43. The van der Waals surface area contributed by atoms with Crippen LogP contribution < -0.4 is 15.1 Å². The molecule has 0 aromatic heterocycles. The van der Waals surface area contributed by atoms with Crippen molar-refractivity contribution >= 4 is 46.2 Å². The third-order valence-electron chi connectivity index (χ3n) is 4.67. The summed E-state index contributed by atoms with van der Waals surface area (Å²) in [6, 6.07) is 6.71. The summed E-state index contributed by atoms with van der Waals surface area (Å²) in [4.78, 5) is 0. The molecule has 27 heavy (non-hydrogen) atoms. The monoisotopic (exact) mass is 540 g/mol. The molecule has 0 spiro atoms. The molecule has 6 heteroatoms. The Morgan fingerprint density at radius 3 is 2.04 bits per heavy atom. The van der Waals surface area contributed by atoms with Crippen molar-refractivity contribution in [3.05, 3.63) is 51.6 Å². The standard InChI is InChI=1S/C21H29BrN3.BrH.Co/c1-14-9-16(3)20(17(4)10-14)23-7-8-25(22)13-24-21-18(5)11-15(2)12-19(21)6;;/h9-11,23-24H,7-8,13H2,1-6H3;1H;/q;;+1/p-1. The van der Waals surface area contributed by atoms with Crippen LogP contribution in [0.3, 0.4) is 0 Å². The Bertz CT molecular complexity index is 785. The van der Waals surface area contributed by atoms with Crippen LogP contribution in [0.15, 0.2) is 18.2 Å². The number of nitrogens with zero attached hydrogens (tertiary/aromatic N) is 1. The molecule has 0 aliphatic heterocycles. The van der Waals surface area contributed by atoms with E-state index in [4.69, 9.17) is 0 Å². The van der Waals surface area contributed by atoms with E-state index in [1.165, 1.54) is 62.2 Å². The maximum atomic E-state index is 3.68. The van der Waals surface area contributed by atoms with Crippen LogP contribution >= 0.6 is 30.3 Å². The van der Waals surface area contributed by atoms with Crippen molar-refractivity contribution in [2.45, 2.75) is 41.5 Å². The predicted octanol–water partition coefficient (Wildman–Crippen LogP) is 5.65. The SMILES string of the molecule is Cc1cc(C)c(NCCN(Br)CNc2c(C)cc(C)[c]([Co][Br])c2C)c(C)c1. The molecule has 0 fully saturated rings. The third kappa shape index (κ3) is 5.97. The summed E-state index contributed by atoms with van der Waals surface area (Å²) < 4.78 is 3.47. The normalized spacial score (nSPS) is 11.3. The minimum absolute atomic E-state index is 0.747. The van der Waals surface area contributed by atoms with Gasteiger partial charge in [-0.25, -0.2) is 0 Å². The zero-order chi connectivity index (χ0) is 20.1. The molecule has 0 saturated carbocycles. The number of hydrogen-bond donors (Lipinski definition) is 2. The van der Waals surface area contributed by atoms with Crippen LogP contribution in [0.5, 0.6) is 0 Å². The van der Waals surface area contributed by atoms with Gasteiger partial charge in [-0.3, -0.25) is 0 Å². The zero-order valence-electron chi connectivity index (χ0n) is 16.9. The first-order valence-electron chi connectivity index (χ1n) is 9.03. The second-order valence-corrected chi connectivity index (χ2v) is 9.90. The van der Waals surface area contributed by atoms with Crippen LogP contribution in [-0.2, 0) is 12.9 Å². The zero-order valence-corrected chi connectivity index (χ0v) is 21.1. The first kappa shape index (κ1) is 22.8. The van der Waals surface area contributed by atoms with E-state index in [0.29, 0.717) is 0 Å². The van der Waals surface area contributed by atoms with Gasteiger partial charge >= 0.3 is 174 Å². The van der Waals surface area contributed by atoms with Gasteiger partial charge in [0.1, 0.15) is 0 Å². The number of halogens is 2. The first-order valence-corrected chi connectivity index (χ1v) is 12.8. The molecule has 0 atom stereocenters. The van der Waals surface area contributed by atoms with Crippen LogP contribution in [0.2, 0.25) is 0 Å². The molecule has 0 heterocycles. The number of hydrogen-bond acceptors (Lipinski definition) is 3. The Morgan fingerprint density at radius 1 is 0.852 bits per heavy atom. The summed E-state index contributed by atoms with van der Waals surface area (Å²) in [6.45, 7) is 15.5. The summed E-state index contributed by atoms with van der Waals surface area (Å²) in [5, 5.41) is 7.17. The molecule has 0 unspecified atom stereocenters. The first-order chi connectivity index (χ1) is 12.7. The molecule has 2 N–H and O–H groups in total. The summed E-state index contributed by atoms with van der Waals surface area (Å²) in [7, 11) is 0. The molecule has 3 nitrogen and oxygen atoms in total. The summed E-state index contributed by atoms with van der Waals surface area (Å²) in [5.74, 6) is 0. The van der Waals surface area contributed by atoms with Gasteiger partial charge in [0.15, 0.2) is 0 Å². The van der Waals surface area contributed by atoms with E-state index in [-0.39, 0.29) is 0 Å². The Kier molecular flexibility index (Phi) is 8.68. The molecular weight excluding hydrogens is 513 g/mol. The Labute approximate surface area is 185 Å². The van der Waals surface area contributed by atoms with E-state index >= 15 is 0 Å². The Morgan fingerprint density at radius 2 is 1.44 bits per heavy atom. The van der Waals surface area contributed by atoms with Crippen molar-refractivity contribution in [3.8, 4) is 0 Å². The predicted molar refractivity (Wildman–Crippen MR) is 122 cm³/mol. The van der Waals surface area contributed by atoms with Crippen LogP contribution in [0.4, 0.5) is 11.4 Å². The third-order valence-corrected chi connectivity index (χ3v) is 7.36. The summed E-state index contributed by atoms with van der Waals surface area (Å²) in [6.07, 6.45) is 0. The Balaban J connectivity index is 1.92. The molecule has 0 saturated heterocycles. The molecule has 0 bridgehead atoms. The number of nitrogens with one attached hydrogen (secondary N) is 2. The van der Waals surface area contributed by atoms with Crippen LogP contribution in [0.1, 0.15) is 33.4 Å². The number of rotatable bonds is 8. The molecule has 2 aromatic carbocycles. The number of benzene rings is 2. The van der Waals surface area contributed by atoms with E-state index in [1.54, 1.807) is 0 Å². The van der Waals surface area contributed by atoms with Gasteiger partial charge in [0, 0.05) is 0 Å². The van der Waals surface area contributed by atoms with Crippen molar-refractivity contribution in [2.75, 3.05) is 30.4 Å². The Hall–Kier alpha value is -0.534. The van der Waals surface area contributed by atoms with E-state index in [1.807, 2.05) is 0 Å². The van der Waals surface area contributed by atoms with Crippen LogP contribution in [0, 0.1) is 41.5 Å². The van der Waals surface area contributed by atoms with Gasteiger partial charge in [-0.05, 0) is 6.92 Å². The molecule has 0 amide bonds. The average Bonchev–Trinajstić information content (AvgIpc) is 2.57. The van der Waals surface area contributed by atoms with Crippen molar-refractivity contribution < 1.29 is 12.9 Å². The fourth-order valence-electron chi connectivity index (χ4n) is 3.53. The molecule has 2 aromatic rings. The van der Waals surface area contributed by atoms with Crippen molar-refractivity contribution in [3.63, 3.8) is 0 Å². The van der Waals surface area contributed by atoms with Gasteiger partial charge in [0.05, 0.1) is 0 Å².